The number of aromatic nitrogens is 1. The molecule has 7 nitrogen and oxygen atoms in total. The lowest BCUT2D eigenvalue weighted by atomic mass is 10.2. The first-order valence-electron chi connectivity index (χ1n) is 8.39. The van der Waals surface area contributed by atoms with Crippen LogP contribution in [0.25, 0.3) is 0 Å². The molecule has 0 radical (unpaired) electrons. The molecule has 140 valence electrons. The number of nitrogens with one attached hydrogen (secondary N) is 2. The van der Waals surface area contributed by atoms with E-state index < -0.39 is 0 Å². The average Bonchev–Trinajstić information content (AvgIpc) is 3.10. The molecular formula is C17H28IN5O2. The monoisotopic (exact) mass is 461 g/mol. The smallest absolute Gasteiger partial charge is 0.243 e. The fourth-order valence-electron chi connectivity index (χ4n) is 2.33. The van der Waals surface area contributed by atoms with Gasteiger partial charge in [-0.2, -0.15) is 0 Å². The van der Waals surface area contributed by atoms with Gasteiger partial charge in [-0.15, -0.1) is 24.0 Å². The predicted octanol–water partition coefficient (Wildman–Crippen LogP) is 1.04. The van der Waals surface area contributed by atoms with Crippen LogP contribution in [0.4, 0.5) is 0 Å². The van der Waals surface area contributed by atoms with Crippen molar-refractivity contribution in [1.29, 1.82) is 0 Å². The average molecular weight is 461 g/mol. The van der Waals surface area contributed by atoms with Gasteiger partial charge in [0.25, 0.3) is 0 Å². The van der Waals surface area contributed by atoms with E-state index in [0.717, 1.165) is 31.6 Å². The van der Waals surface area contributed by atoms with Crippen LogP contribution in [0.1, 0.15) is 18.5 Å². The minimum absolute atomic E-state index is 0. The summed E-state index contributed by atoms with van der Waals surface area (Å²) in [6.07, 6.45) is 4.96. The van der Waals surface area contributed by atoms with Crippen LogP contribution >= 0.6 is 24.0 Å². The summed E-state index contributed by atoms with van der Waals surface area (Å²) >= 11 is 0. The van der Waals surface area contributed by atoms with Crippen LogP contribution in [0.15, 0.2) is 29.4 Å². The number of likely N-dealkylation sites (N-methyl/N-ethyl adjacent to an activating group) is 1. The molecule has 2 N–H and O–H groups in total. The minimum Gasteiger partial charge on any atom is -0.376 e. The van der Waals surface area contributed by atoms with Crippen molar-refractivity contribution in [2.75, 3.05) is 40.3 Å². The fourth-order valence-corrected chi connectivity index (χ4v) is 2.33. The number of guanidine groups is 1. The van der Waals surface area contributed by atoms with Crippen molar-refractivity contribution in [2.24, 2.45) is 4.99 Å². The summed E-state index contributed by atoms with van der Waals surface area (Å²) in [5, 5.41) is 6.52. The van der Waals surface area contributed by atoms with Gasteiger partial charge in [0.05, 0.1) is 6.10 Å². The standard InChI is InChI=1S/C17H27N5O2.HI/c1-22(2)16(23)13-21-17(20-12-15-7-5-11-24-15)19-10-8-14-6-3-4-9-18-14;/h3-4,6,9,15H,5,7-8,10-13H2,1-2H3,(H2,19,20,21);1H. The Labute approximate surface area is 166 Å². The van der Waals surface area contributed by atoms with Gasteiger partial charge < -0.3 is 20.3 Å². The number of amides is 1. The number of carbonyl (C=O) groups is 1. The maximum absolute atomic E-state index is 11.7. The van der Waals surface area contributed by atoms with Crippen molar-refractivity contribution in [3.05, 3.63) is 30.1 Å². The van der Waals surface area contributed by atoms with Gasteiger partial charge in [0.1, 0.15) is 6.54 Å². The first kappa shape index (κ1) is 21.6. The number of nitrogens with zero attached hydrogens (tertiary/aromatic N) is 3. The third-order valence-electron chi connectivity index (χ3n) is 3.79. The molecular weight excluding hydrogens is 433 g/mol. The zero-order valence-electron chi connectivity index (χ0n) is 14.9. The summed E-state index contributed by atoms with van der Waals surface area (Å²) in [5.41, 5.74) is 1.02. The van der Waals surface area contributed by atoms with Gasteiger partial charge in [0, 0.05) is 52.1 Å². The molecule has 0 aromatic carbocycles. The van der Waals surface area contributed by atoms with Crippen molar-refractivity contribution in [1.82, 2.24) is 20.5 Å². The number of hydrogen-bond acceptors (Lipinski definition) is 4. The summed E-state index contributed by atoms with van der Waals surface area (Å²) in [7, 11) is 3.46. The molecule has 2 heterocycles. The summed E-state index contributed by atoms with van der Waals surface area (Å²) in [4.78, 5) is 21.9. The molecule has 1 aromatic rings. The summed E-state index contributed by atoms with van der Waals surface area (Å²) in [5.74, 6) is 0.606. The maximum Gasteiger partial charge on any atom is 0.243 e. The third-order valence-corrected chi connectivity index (χ3v) is 3.79. The molecule has 1 atom stereocenters. The molecule has 1 unspecified atom stereocenters. The van der Waals surface area contributed by atoms with Crippen LogP contribution in [0.2, 0.25) is 0 Å². The second kappa shape index (κ2) is 12.0. The third kappa shape index (κ3) is 8.48. The number of ether oxygens (including phenoxy) is 1. The van der Waals surface area contributed by atoms with Crippen molar-refractivity contribution >= 4 is 35.8 Å². The van der Waals surface area contributed by atoms with Crippen molar-refractivity contribution in [2.45, 2.75) is 25.4 Å². The number of halogens is 1. The van der Waals surface area contributed by atoms with E-state index in [2.05, 4.69) is 20.6 Å². The number of pyridine rings is 1. The lowest BCUT2D eigenvalue weighted by Crippen LogP contribution is -2.42. The molecule has 1 amide bonds. The van der Waals surface area contributed by atoms with Crippen LogP contribution in [0.3, 0.4) is 0 Å². The van der Waals surface area contributed by atoms with Gasteiger partial charge in [0.15, 0.2) is 5.96 Å². The number of hydrogen-bond donors (Lipinski definition) is 2. The SMILES string of the molecule is CN(C)C(=O)CN=C(NCCc1ccccn1)NCC1CCCO1.I. The Morgan fingerprint density at radius 3 is 2.88 bits per heavy atom. The Morgan fingerprint density at radius 1 is 1.40 bits per heavy atom. The highest BCUT2D eigenvalue weighted by Gasteiger charge is 2.15. The molecule has 2 rings (SSSR count). The zero-order valence-corrected chi connectivity index (χ0v) is 17.2. The normalized spacial score (nSPS) is 16.9. The molecule has 1 aromatic heterocycles. The Balaban J connectivity index is 0.00000312. The molecule has 8 heteroatoms. The van der Waals surface area contributed by atoms with Crippen LogP contribution in [-0.4, -0.2) is 68.2 Å². The predicted molar refractivity (Wildman–Crippen MR) is 109 cm³/mol. The zero-order chi connectivity index (χ0) is 17.2. The van der Waals surface area contributed by atoms with Gasteiger partial charge in [-0.05, 0) is 25.0 Å². The Kier molecular flexibility index (Phi) is 10.4. The Bertz CT molecular complexity index is 533. The minimum atomic E-state index is -0.0297. The van der Waals surface area contributed by atoms with Crippen LogP contribution in [0, 0.1) is 0 Å². The second-order valence-corrected chi connectivity index (χ2v) is 5.97. The van der Waals surface area contributed by atoms with E-state index in [0.29, 0.717) is 19.0 Å². The van der Waals surface area contributed by atoms with E-state index in [4.69, 9.17) is 4.74 Å². The lowest BCUT2D eigenvalue weighted by molar-refractivity contribution is -0.127. The molecule has 0 bridgehead atoms. The van der Waals surface area contributed by atoms with Gasteiger partial charge >= 0.3 is 0 Å². The molecule has 1 aliphatic heterocycles. The fraction of sp³-hybridized carbons (Fsp3) is 0.588. The summed E-state index contributed by atoms with van der Waals surface area (Å²) in [6, 6.07) is 5.87. The lowest BCUT2D eigenvalue weighted by Gasteiger charge is -2.16. The van der Waals surface area contributed by atoms with Crippen molar-refractivity contribution < 1.29 is 9.53 Å². The number of aliphatic imine (C=N–C) groups is 1. The summed E-state index contributed by atoms with van der Waals surface area (Å²) < 4.78 is 5.61. The highest BCUT2D eigenvalue weighted by Crippen LogP contribution is 2.10. The first-order chi connectivity index (χ1) is 11.6. The molecule has 1 fully saturated rings. The van der Waals surface area contributed by atoms with Gasteiger partial charge in [-0.1, -0.05) is 6.07 Å². The highest BCUT2D eigenvalue weighted by molar-refractivity contribution is 14.0. The second-order valence-electron chi connectivity index (χ2n) is 5.97. The van der Waals surface area contributed by atoms with E-state index in [1.807, 2.05) is 18.2 Å². The molecule has 0 spiro atoms. The molecule has 1 aliphatic rings. The number of rotatable bonds is 7. The van der Waals surface area contributed by atoms with E-state index in [9.17, 15) is 4.79 Å². The van der Waals surface area contributed by atoms with E-state index in [1.165, 1.54) is 4.90 Å². The molecule has 0 saturated carbocycles. The van der Waals surface area contributed by atoms with Crippen molar-refractivity contribution in [3.8, 4) is 0 Å². The molecule has 25 heavy (non-hydrogen) atoms. The molecule has 1 saturated heterocycles. The van der Waals surface area contributed by atoms with E-state index in [-0.39, 0.29) is 42.5 Å². The van der Waals surface area contributed by atoms with Crippen LogP contribution in [-0.2, 0) is 16.0 Å². The Hall–Kier alpha value is -1.42. The van der Waals surface area contributed by atoms with Gasteiger partial charge in [-0.25, -0.2) is 4.99 Å². The van der Waals surface area contributed by atoms with Gasteiger partial charge in [0.2, 0.25) is 5.91 Å². The largest absolute Gasteiger partial charge is 0.376 e. The first-order valence-corrected chi connectivity index (χ1v) is 8.39. The quantitative estimate of drug-likeness (QED) is 0.361. The highest BCUT2D eigenvalue weighted by atomic mass is 127. The maximum atomic E-state index is 11.7. The van der Waals surface area contributed by atoms with Crippen molar-refractivity contribution in [3.63, 3.8) is 0 Å². The van der Waals surface area contributed by atoms with E-state index >= 15 is 0 Å². The topological polar surface area (TPSA) is 78.9 Å². The summed E-state index contributed by atoms with van der Waals surface area (Å²) in [6.45, 7) is 2.35. The number of carbonyl (C=O) groups excluding carboxylic acids is 1. The van der Waals surface area contributed by atoms with Crippen LogP contribution < -0.4 is 10.6 Å². The van der Waals surface area contributed by atoms with Gasteiger partial charge in [-0.3, -0.25) is 9.78 Å². The van der Waals surface area contributed by atoms with E-state index in [1.54, 1.807) is 20.3 Å². The molecule has 0 aliphatic carbocycles. The van der Waals surface area contributed by atoms with Crippen LogP contribution in [0.5, 0.6) is 0 Å². The Morgan fingerprint density at radius 2 is 2.24 bits per heavy atom.